The van der Waals surface area contributed by atoms with Gasteiger partial charge in [0.2, 0.25) is 0 Å². The maximum absolute atomic E-state index is 12.7. The number of hydrogen-bond acceptors (Lipinski definition) is 4. The molecule has 0 spiro atoms. The minimum atomic E-state index is -4.41. The number of carboxylic acid groups (broad SMARTS) is 1. The molecular weight excluding hydrogens is 459 g/mol. The van der Waals surface area contributed by atoms with E-state index >= 15 is 0 Å². The van der Waals surface area contributed by atoms with Crippen LogP contribution >= 0.6 is 0 Å². The molecule has 2 N–H and O–H groups in total. The third kappa shape index (κ3) is 5.83. The number of carboxylic acids is 1. The number of rotatable bonds is 7. The molecule has 0 fully saturated rings. The Bertz CT molecular complexity index is 1290. The van der Waals surface area contributed by atoms with Crippen LogP contribution in [0, 0.1) is 13.8 Å². The molecule has 0 aliphatic carbocycles. The molecule has 0 saturated carbocycles. The molecule has 6 nitrogen and oxygen atoms in total. The van der Waals surface area contributed by atoms with Gasteiger partial charge in [-0.15, -0.1) is 0 Å². The lowest BCUT2D eigenvalue weighted by Crippen LogP contribution is -2.14. The maximum Gasteiger partial charge on any atom is 0.416 e. The fourth-order valence-corrected chi connectivity index (χ4v) is 4.11. The highest BCUT2D eigenvalue weighted by molar-refractivity contribution is 7.92. The summed E-state index contributed by atoms with van der Waals surface area (Å²) in [5.41, 5.74) is 0.959. The Hall–Kier alpha value is -3.53. The van der Waals surface area contributed by atoms with Crippen LogP contribution in [0.1, 0.15) is 32.6 Å². The molecule has 0 saturated heterocycles. The zero-order valence-electron chi connectivity index (χ0n) is 17.6. The molecule has 174 valence electrons. The Morgan fingerprint density at radius 1 is 0.970 bits per heavy atom. The second-order valence-corrected chi connectivity index (χ2v) is 9.03. The van der Waals surface area contributed by atoms with E-state index in [0.29, 0.717) is 22.4 Å². The third-order valence-electron chi connectivity index (χ3n) is 4.85. The first-order valence-corrected chi connectivity index (χ1v) is 11.1. The van der Waals surface area contributed by atoms with Crippen LogP contribution in [0.25, 0.3) is 0 Å². The molecular formula is C23H20F3NO5S. The summed E-state index contributed by atoms with van der Waals surface area (Å²) < 4.78 is 71.4. The molecule has 0 heterocycles. The molecule has 0 amide bonds. The van der Waals surface area contributed by atoms with Gasteiger partial charge in [0, 0.05) is 5.69 Å². The molecule has 10 heteroatoms. The summed E-state index contributed by atoms with van der Waals surface area (Å²) in [5, 5.41) is 9.22. The van der Waals surface area contributed by atoms with E-state index in [9.17, 15) is 31.5 Å². The number of sulfonamides is 1. The molecule has 0 aliphatic heterocycles. The molecule has 3 aromatic carbocycles. The summed E-state index contributed by atoms with van der Waals surface area (Å²) in [6.07, 6.45) is -4.41. The number of benzene rings is 3. The first-order chi connectivity index (χ1) is 15.4. The molecule has 0 bridgehead atoms. The van der Waals surface area contributed by atoms with Gasteiger partial charge in [0.1, 0.15) is 12.4 Å². The monoisotopic (exact) mass is 479 g/mol. The van der Waals surface area contributed by atoms with Gasteiger partial charge in [-0.25, -0.2) is 13.2 Å². The summed E-state index contributed by atoms with van der Waals surface area (Å²) in [7, 11) is -4.03. The fourth-order valence-electron chi connectivity index (χ4n) is 3.04. The van der Waals surface area contributed by atoms with Gasteiger partial charge < -0.3 is 9.84 Å². The van der Waals surface area contributed by atoms with Gasteiger partial charge in [-0.05, 0) is 73.0 Å². The van der Waals surface area contributed by atoms with Gasteiger partial charge in [-0.1, -0.05) is 18.2 Å². The highest BCUT2D eigenvalue weighted by Gasteiger charge is 2.29. The van der Waals surface area contributed by atoms with Gasteiger partial charge in [0.05, 0.1) is 16.0 Å². The van der Waals surface area contributed by atoms with E-state index in [-0.39, 0.29) is 22.8 Å². The average Bonchev–Trinajstić information content (AvgIpc) is 2.72. The van der Waals surface area contributed by atoms with Crippen molar-refractivity contribution in [3.05, 3.63) is 88.5 Å². The van der Waals surface area contributed by atoms with E-state index in [1.54, 1.807) is 13.8 Å². The molecule has 3 aromatic rings. The number of ether oxygens (including phenoxy) is 1. The summed E-state index contributed by atoms with van der Waals surface area (Å²) in [5.74, 6) is -0.795. The minimum absolute atomic E-state index is 0.0331. The van der Waals surface area contributed by atoms with Gasteiger partial charge in [-0.2, -0.15) is 13.2 Å². The molecule has 0 aliphatic rings. The van der Waals surface area contributed by atoms with Crippen molar-refractivity contribution < 1.29 is 36.2 Å². The van der Waals surface area contributed by atoms with Crippen molar-refractivity contribution in [2.45, 2.75) is 31.5 Å². The van der Waals surface area contributed by atoms with Crippen LogP contribution in [0.15, 0.2) is 65.6 Å². The quantitative estimate of drug-likeness (QED) is 0.473. The second kappa shape index (κ2) is 9.14. The Morgan fingerprint density at radius 3 is 2.21 bits per heavy atom. The maximum atomic E-state index is 12.7. The average molecular weight is 479 g/mol. The number of anilines is 1. The lowest BCUT2D eigenvalue weighted by molar-refractivity contribution is -0.137. The second-order valence-electron chi connectivity index (χ2n) is 7.35. The summed E-state index contributed by atoms with van der Waals surface area (Å²) in [6, 6.07) is 13.0. The van der Waals surface area contributed by atoms with Gasteiger partial charge in [-0.3, -0.25) is 4.72 Å². The van der Waals surface area contributed by atoms with E-state index in [0.717, 1.165) is 18.2 Å². The van der Waals surface area contributed by atoms with Crippen LogP contribution in [0.4, 0.5) is 18.9 Å². The minimum Gasteiger partial charge on any atom is -0.489 e. The standard InChI is InChI=1S/C23H20F3NO5S/c1-14-3-9-19(12-20(14)22(28)29)33(30,31)27-18-8-10-21(15(2)11-18)32-13-16-4-6-17(7-5-16)23(24,25)26/h3-12,27H,13H2,1-2H3,(H,28,29). The summed E-state index contributed by atoms with van der Waals surface area (Å²) in [4.78, 5) is 11.1. The van der Waals surface area contributed by atoms with E-state index in [1.165, 1.54) is 42.5 Å². The highest BCUT2D eigenvalue weighted by atomic mass is 32.2. The molecule has 0 radical (unpaired) electrons. The lowest BCUT2D eigenvalue weighted by Gasteiger charge is -2.13. The van der Waals surface area contributed by atoms with Crippen molar-refractivity contribution in [2.75, 3.05) is 4.72 Å². The van der Waals surface area contributed by atoms with Crippen LogP contribution in [0.2, 0.25) is 0 Å². The van der Waals surface area contributed by atoms with Gasteiger partial charge >= 0.3 is 12.1 Å². The molecule has 0 aromatic heterocycles. The Labute approximate surface area is 188 Å². The number of aryl methyl sites for hydroxylation is 2. The van der Waals surface area contributed by atoms with Crippen molar-refractivity contribution in [3.63, 3.8) is 0 Å². The zero-order chi connectivity index (χ0) is 24.4. The van der Waals surface area contributed by atoms with Crippen molar-refractivity contribution in [2.24, 2.45) is 0 Å². The number of carbonyl (C=O) groups is 1. The normalized spacial score (nSPS) is 11.8. The summed E-state index contributed by atoms with van der Waals surface area (Å²) >= 11 is 0. The SMILES string of the molecule is Cc1cc(NS(=O)(=O)c2ccc(C)c(C(=O)O)c2)ccc1OCc1ccc(C(F)(F)F)cc1. The predicted molar refractivity (Wildman–Crippen MR) is 116 cm³/mol. The number of nitrogens with one attached hydrogen (secondary N) is 1. The molecule has 3 rings (SSSR count). The smallest absolute Gasteiger partial charge is 0.416 e. The van der Waals surface area contributed by atoms with E-state index in [1.807, 2.05) is 0 Å². The number of aromatic carboxylic acids is 1. The highest BCUT2D eigenvalue weighted by Crippen LogP contribution is 2.30. The first kappa shape index (κ1) is 24.1. The topological polar surface area (TPSA) is 92.7 Å². The van der Waals surface area contributed by atoms with Crippen molar-refractivity contribution in [1.82, 2.24) is 0 Å². The third-order valence-corrected chi connectivity index (χ3v) is 6.23. The van der Waals surface area contributed by atoms with E-state index < -0.39 is 27.7 Å². The number of alkyl halides is 3. The van der Waals surface area contributed by atoms with Gasteiger partial charge in [0.15, 0.2) is 0 Å². The summed E-state index contributed by atoms with van der Waals surface area (Å²) in [6.45, 7) is 3.29. The zero-order valence-corrected chi connectivity index (χ0v) is 18.4. The van der Waals surface area contributed by atoms with Crippen molar-refractivity contribution in [3.8, 4) is 5.75 Å². The van der Waals surface area contributed by atoms with Crippen molar-refractivity contribution in [1.29, 1.82) is 0 Å². The van der Waals surface area contributed by atoms with Crippen LogP contribution in [-0.4, -0.2) is 19.5 Å². The largest absolute Gasteiger partial charge is 0.489 e. The molecule has 0 atom stereocenters. The fraction of sp³-hybridized carbons (Fsp3) is 0.174. The Morgan fingerprint density at radius 2 is 1.64 bits per heavy atom. The van der Waals surface area contributed by atoms with E-state index in [4.69, 9.17) is 4.74 Å². The van der Waals surface area contributed by atoms with Crippen LogP contribution in [0.3, 0.4) is 0 Å². The first-order valence-electron chi connectivity index (χ1n) is 9.63. The van der Waals surface area contributed by atoms with Crippen LogP contribution < -0.4 is 9.46 Å². The Kier molecular flexibility index (Phi) is 6.68. The lowest BCUT2D eigenvalue weighted by atomic mass is 10.1. The van der Waals surface area contributed by atoms with Crippen molar-refractivity contribution >= 4 is 21.7 Å². The van der Waals surface area contributed by atoms with Gasteiger partial charge in [0.25, 0.3) is 10.0 Å². The van der Waals surface area contributed by atoms with Crippen LogP contribution in [0.5, 0.6) is 5.75 Å². The van der Waals surface area contributed by atoms with Crippen LogP contribution in [-0.2, 0) is 22.8 Å². The molecule has 33 heavy (non-hydrogen) atoms. The number of halogens is 3. The molecule has 0 unspecified atom stereocenters. The van der Waals surface area contributed by atoms with E-state index in [2.05, 4.69) is 4.72 Å². The Balaban J connectivity index is 1.71. The number of hydrogen-bond donors (Lipinski definition) is 2. The predicted octanol–water partition coefficient (Wildman–Crippen LogP) is 5.40.